The maximum Gasteiger partial charge on any atom is 0.137 e. The molecule has 0 aromatic carbocycles. The van der Waals surface area contributed by atoms with Crippen molar-refractivity contribution in [3.63, 3.8) is 0 Å². The van der Waals surface area contributed by atoms with Gasteiger partial charge in [-0.1, -0.05) is 13.0 Å². The standard InChI is InChI=1S/C12H16N2O/c1-4-11(6-5-8-13)12(3,7-9-14)10(2)15/h4,11H,1,5-7H2,2-3H3/t11-,12+/m0/s1. The van der Waals surface area contributed by atoms with Gasteiger partial charge < -0.3 is 0 Å². The average Bonchev–Trinajstić information content (AvgIpc) is 2.19. The molecule has 0 radical (unpaired) electrons. The smallest absolute Gasteiger partial charge is 0.137 e. The molecule has 0 N–H and O–H groups in total. The van der Waals surface area contributed by atoms with Crippen LogP contribution in [0.1, 0.15) is 33.1 Å². The van der Waals surface area contributed by atoms with Crippen LogP contribution in [0, 0.1) is 34.0 Å². The van der Waals surface area contributed by atoms with Gasteiger partial charge in [0.25, 0.3) is 0 Å². The highest BCUT2D eigenvalue weighted by Crippen LogP contribution is 2.35. The van der Waals surface area contributed by atoms with Gasteiger partial charge in [0.1, 0.15) is 5.78 Å². The Bertz CT molecular complexity index is 321. The molecule has 0 aromatic heterocycles. The third-order valence-electron chi connectivity index (χ3n) is 2.92. The summed E-state index contributed by atoms with van der Waals surface area (Å²) in [6.07, 6.45) is 2.81. The van der Waals surface area contributed by atoms with Crippen LogP contribution in [0.4, 0.5) is 0 Å². The first-order valence-corrected chi connectivity index (χ1v) is 4.90. The maximum absolute atomic E-state index is 11.5. The molecule has 2 atom stereocenters. The van der Waals surface area contributed by atoms with Gasteiger partial charge in [-0.3, -0.25) is 4.79 Å². The van der Waals surface area contributed by atoms with Gasteiger partial charge in [0, 0.05) is 18.3 Å². The summed E-state index contributed by atoms with van der Waals surface area (Å²) in [5.41, 5.74) is -0.701. The zero-order valence-corrected chi connectivity index (χ0v) is 9.29. The van der Waals surface area contributed by atoms with E-state index in [1.807, 2.05) is 12.1 Å². The second kappa shape index (κ2) is 5.98. The zero-order chi connectivity index (χ0) is 11.9. The lowest BCUT2D eigenvalue weighted by molar-refractivity contribution is -0.127. The number of Topliss-reactive ketones (excluding diaryl/α,β-unsaturated/α-hetero) is 1. The number of allylic oxidation sites excluding steroid dienone is 1. The number of carbonyl (C=O) groups excluding carboxylic acids is 1. The van der Waals surface area contributed by atoms with Crippen LogP contribution in [0.2, 0.25) is 0 Å². The van der Waals surface area contributed by atoms with E-state index in [0.717, 1.165) is 0 Å². The van der Waals surface area contributed by atoms with Crippen LogP contribution in [0.5, 0.6) is 0 Å². The first-order chi connectivity index (χ1) is 7.02. The van der Waals surface area contributed by atoms with E-state index >= 15 is 0 Å². The number of hydrogen-bond donors (Lipinski definition) is 0. The Labute approximate surface area is 91.0 Å². The minimum atomic E-state index is -0.701. The van der Waals surface area contributed by atoms with Crippen molar-refractivity contribution in [3.8, 4) is 12.1 Å². The van der Waals surface area contributed by atoms with E-state index < -0.39 is 5.41 Å². The molecular weight excluding hydrogens is 188 g/mol. The average molecular weight is 204 g/mol. The van der Waals surface area contributed by atoms with Crippen molar-refractivity contribution < 1.29 is 4.79 Å². The van der Waals surface area contributed by atoms with E-state index in [0.29, 0.717) is 12.8 Å². The number of nitriles is 2. The summed E-state index contributed by atoms with van der Waals surface area (Å²) in [4.78, 5) is 11.5. The molecule has 0 aliphatic rings. The summed E-state index contributed by atoms with van der Waals surface area (Å²) in [7, 11) is 0. The normalized spacial score (nSPS) is 15.5. The second-order valence-corrected chi connectivity index (χ2v) is 3.85. The van der Waals surface area contributed by atoms with Gasteiger partial charge >= 0.3 is 0 Å². The number of ketones is 1. The Balaban J connectivity index is 4.88. The van der Waals surface area contributed by atoms with Crippen LogP contribution < -0.4 is 0 Å². The second-order valence-electron chi connectivity index (χ2n) is 3.85. The van der Waals surface area contributed by atoms with Crippen LogP contribution in [0.3, 0.4) is 0 Å². The predicted octanol–water partition coefficient (Wildman–Crippen LogP) is 2.60. The monoisotopic (exact) mass is 204 g/mol. The first kappa shape index (κ1) is 13.4. The van der Waals surface area contributed by atoms with Gasteiger partial charge in [-0.25, -0.2) is 0 Å². The molecule has 0 bridgehead atoms. The lowest BCUT2D eigenvalue weighted by Crippen LogP contribution is -2.33. The summed E-state index contributed by atoms with van der Waals surface area (Å²) in [5.74, 6) is -0.124. The molecule has 3 nitrogen and oxygen atoms in total. The molecule has 0 saturated heterocycles. The lowest BCUT2D eigenvalue weighted by atomic mass is 9.70. The molecule has 0 spiro atoms. The van der Waals surface area contributed by atoms with E-state index in [1.165, 1.54) is 6.92 Å². The summed E-state index contributed by atoms with van der Waals surface area (Å²) >= 11 is 0. The summed E-state index contributed by atoms with van der Waals surface area (Å²) < 4.78 is 0. The minimum absolute atomic E-state index is 0.0214. The number of hydrogen-bond acceptors (Lipinski definition) is 3. The Morgan fingerprint density at radius 2 is 2.13 bits per heavy atom. The highest BCUT2D eigenvalue weighted by Gasteiger charge is 2.36. The SMILES string of the molecule is C=C[C@@H](CCC#N)[C@](C)(CC#N)C(C)=O. The van der Waals surface area contributed by atoms with E-state index in [2.05, 4.69) is 6.58 Å². The van der Waals surface area contributed by atoms with Gasteiger partial charge in [-0.2, -0.15) is 10.5 Å². The molecule has 0 fully saturated rings. The summed E-state index contributed by atoms with van der Waals surface area (Å²) in [6.45, 7) is 6.93. The Morgan fingerprint density at radius 1 is 1.53 bits per heavy atom. The van der Waals surface area contributed by atoms with Crippen molar-refractivity contribution in [2.75, 3.05) is 0 Å². The fraction of sp³-hybridized carbons (Fsp3) is 0.583. The Kier molecular flexibility index (Phi) is 5.34. The molecule has 0 amide bonds. The fourth-order valence-electron chi connectivity index (χ4n) is 1.60. The van der Waals surface area contributed by atoms with Gasteiger partial charge in [0.15, 0.2) is 0 Å². The topological polar surface area (TPSA) is 64.7 Å². The van der Waals surface area contributed by atoms with Crippen LogP contribution in [0.15, 0.2) is 12.7 Å². The van der Waals surface area contributed by atoms with Crippen molar-refractivity contribution in [2.45, 2.75) is 33.1 Å². The molecule has 0 rings (SSSR count). The summed E-state index contributed by atoms with van der Waals surface area (Å²) in [5, 5.41) is 17.2. The molecule has 3 heteroatoms. The zero-order valence-electron chi connectivity index (χ0n) is 9.29. The Hall–Kier alpha value is -1.61. The molecular formula is C12H16N2O. The molecule has 80 valence electrons. The third kappa shape index (κ3) is 3.22. The molecule has 0 saturated carbocycles. The number of rotatable bonds is 6. The highest BCUT2D eigenvalue weighted by molar-refractivity contribution is 5.82. The molecule has 15 heavy (non-hydrogen) atoms. The highest BCUT2D eigenvalue weighted by atomic mass is 16.1. The van der Waals surface area contributed by atoms with Gasteiger partial charge in [0.2, 0.25) is 0 Å². The largest absolute Gasteiger partial charge is 0.299 e. The van der Waals surface area contributed by atoms with Gasteiger partial charge in [0.05, 0.1) is 12.1 Å². The van der Waals surface area contributed by atoms with Crippen molar-refractivity contribution in [1.29, 1.82) is 10.5 Å². The molecule has 0 unspecified atom stereocenters. The molecule has 0 aliphatic heterocycles. The van der Waals surface area contributed by atoms with E-state index in [4.69, 9.17) is 10.5 Å². The number of nitrogens with zero attached hydrogens (tertiary/aromatic N) is 2. The number of carbonyl (C=O) groups is 1. The lowest BCUT2D eigenvalue weighted by Gasteiger charge is -2.31. The van der Waals surface area contributed by atoms with Crippen molar-refractivity contribution in [3.05, 3.63) is 12.7 Å². The first-order valence-electron chi connectivity index (χ1n) is 4.90. The minimum Gasteiger partial charge on any atom is -0.299 e. The molecule has 0 aromatic rings. The van der Waals surface area contributed by atoms with Crippen LogP contribution in [-0.4, -0.2) is 5.78 Å². The van der Waals surface area contributed by atoms with Gasteiger partial charge in [-0.15, -0.1) is 6.58 Å². The van der Waals surface area contributed by atoms with E-state index in [1.54, 1.807) is 13.0 Å². The molecule has 0 aliphatic carbocycles. The van der Waals surface area contributed by atoms with Crippen LogP contribution in [-0.2, 0) is 4.79 Å². The van der Waals surface area contributed by atoms with Crippen molar-refractivity contribution >= 4 is 5.78 Å². The third-order valence-corrected chi connectivity index (χ3v) is 2.92. The van der Waals surface area contributed by atoms with Crippen LogP contribution >= 0.6 is 0 Å². The Morgan fingerprint density at radius 3 is 2.47 bits per heavy atom. The van der Waals surface area contributed by atoms with E-state index in [-0.39, 0.29) is 18.1 Å². The van der Waals surface area contributed by atoms with Crippen LogP contribution in [0.25, 0.3) is 0 Å². The van der Waals surface area contributed by atoms with Crippen molar-refractivity contribution in [2.24, 2.45) is 11.3 Å². The predicted molar refractivity (Wildman–Crippen MR) is 57.6 cm³/mol. The van der Waals surface area contributed by atoms with Crippen molar-refractivity contribution in [1.82, 2.24) is 0 Å². The summed E-state index contributed by atoms with van der Waals surface area (Å²) in [6, 6.07) is 4.07. The molecule has 0 heterocycles. The van der Waals surface area contributed by atoms with Gasteiger partial charge in [-0.05, 0) is 19.3 Å². The maximum atomic E-state index is 11.5. The fourth-order valence-corrected chi connectivity index (χ4v) is 1.60. The van der Waals surface area contributed by atoms with E-state index in [9.17, 15) is 4.79 Å². The quantitative estimate of drug-likeness (QED) is 0.624.